The summed E-state index contributed by atoms with van der Waals surface area (Å²) in [5.74, 6) is 0.710. The van der Waals surface area contributed by atoms with E-state index in [-0.39, 0.29) is 17.7 Å². The predicted molar refractivity (Wildman–Crippen MR) is 83.6 cm³/mol. The summed E-state index contributed by atoms with van der Waals surface area (Å²) in [5.41, 5.74) is 0. The average Bonchev–Trinajstić information content (AvgIpc) is 3.11. The first-order valence-electron chi connectivity index (χ1n) is 7.90. The zero-order valence-electron chi connectivity index (χ0n) is 12.6. The SMILES string of the molecule is CC(NC(=O)CSc1ccc(F)c(F)c1)C1CC2CCC1C2. The molecule has 2 bridgehead atoms. The number of carbonyl (C=O) groups excluding carboxylic acids is 1. The lowest BCUT2D eigenvalue weighted by atomic mass is 9.84. The Kier molecular flexibility index (Phi) is 4.71. The number of benzene rings is 1. The van der Waals surface area contributed by atoms with E-state index in [9.17, 15) is 13.6 Å². The summed E-state index contributed by atoms with van der Waals surface area (Å²) < 4.78 is 26.0. The van der Waals surface area contributed by atoms with Gasteiger partial charge in [0.15, 0.2) is 11.6 Å². The highest BCUT2D eigenvalue weighted by Crippen LogP contribution is 2.49. The van der Waals surface area contributed by atoms with Crippen LogP contribution in [0.25, 0.3) is 0 Å². The van der Waals surface area contributed by atoms with Gasteiger partial charge < -0.3 is 5.32 Å². The lowest BCUT2D eigenvalue weighted by Crippen LogP contribution is -2.40. The van der Waals surface area contributed by atoms with E-state index in [0.29, 0.717) is 10.8 Å². The van der Waals surface area contributed by atoms with E-state index in [2.05, 4.69) is 12.2 Å². The van der Waals surface area contributed by atoms with Crippen LogP contribution in [0.3, 0.4) is 0 Å². The van der Waals surface area contributed by atoms with Crippen LogP contribution in [0, 0.1) is 29.4 Å². The van der Waals surface area contributed by atoms with E-state index < -0.39 is 11.6 Å². The van der Waals surface area contributed by atoms with E-state index in [0.717, 1.165) is 24.0 Å². The number of nitrogens with one attached hydrogen (secondary N) is 1. The molecular weight excluding hydrogens is 304 g/mol. The summed E-state index contributed by atoms with van der Waals surface area (Å²) >= 11 is 1.23. The molecule has 22 heavy (non-hydrogen) atoms. The van der Waals surface area contributed by atoms with Gasteiger partial charge in [-0.1, -0.05) is 6.42 Å². The van der Waals surface area contributed by atoms with E-state index in [4.69, 9.17) is 0 Å². The first-order chi connectivity index (χ1) is 10.5. The van der Waals surface area contributed by atoms with Crippen molar-refractivity contribution in [2.75, 3.05) is 5.75 Å². The van der Waals surface area contributed by atoms with E-state index >= 15 is 0 Å². The van der Waals surface area contributed by atoms with Crippen LogP contribution in [0.2, 0.25) is 0 Å². The number of thioether (sulfide) groups is 1. The molecule has 120 valence electrons. The highest BCUT2D eigenvalue weighted by Gasteiger charge is 2.42. The minimum Gasteiger partial charge on any atom is -0.353 e. The Morgan fingerprint density at radius 3 is 2.77 bits per heavy atom. The highest BCUT2D eigenvalue weighted by molar-refractivity contribution is 8.00. The third-order valence-corrected chi connectivity index (χ3v) is 6.08. The summed E-state index contributed by atoms with van der Waals surface area (Å²) in [6.45, 7) is 2.09. The van der Waals surface area contributed by atoms with Crippen LogP contribution in [0.1, 0.15) is 32.6 Å². The summed E-state index contributed by atoms with van der Waals surface area (Å²) in [5, 5.41) is 3.08. The van der Waals surface area contributed by atoms with E-state index in [1.54, 1.807) is 0 Å². The van der Waals surface area contributed by atoms with Crippen molar-refractivity contribution in [3.05, 3.63) is 29.8 Å². The second-order valence-electron chi connectivity index (χ2n) is 6.56. The van der Waals surface area contributed by atoms with Crippen molar-refractivity contribution in [3.8, 4) is 0 Å². The molecule has 3 rings (SSSR count). The number of hydrogen-bond donors (Lipinski definition) is 1. The van der Waals surface area contributed by atoms with Gasteiger partial charge in [-0.2, -0.15) is 0 Å². The molecular formula is C17H21F2NOS. The number of rotatable bonds is 5. The van der Waals surface area contributed by atoms with Crippen molar-refractivity contribution < 1.29 is 13.6 Å². The number of carbonyl (C=O) groups is 1. The Balaban J connectivity index is 1.47. The van der Waals surface area contributed by atoms with Crippen LogP contribution in [0.5, 0.6) is 0 Å². The Labute approximate surface area is 134 Å². The van der Waals surface area contributed by atoms with Crippen molar-refractivity contribution in [2.24, 2.45) is 17.8 Å². The molecule has 1 aromatic carbocycles. The fraction of sp³-hybridized carbons (Fsp3) is 0.588. The zero-order valence-corrected chi connectivity index (χ0v) is 13.5. The minimum absolute atomic E-state index is 0.0370. The molecule has 0 radical (unpaired) electrons. The monoisotopic (exact) mass is 325 g/mol. The largest absolute Gasteiger partial charge is 0.353 e. The highest BCUT2D eigenvalue weighted by atomic mass is 32.2. The van der Waals surface area contributed by atoms with E-state index in [1.807, 2.05) is 0 Å². The molecule has 0 aromatic heterocycles. The molecule has 0 spiro atoms. The fourth-order valence-corrected chi connectivity index (χ4v) is 4.76. The Morgan fingerprint density at radius 2 is 2.14 bits per heavy atom. The smallest absolute Gasteiger partial charge is 0.230 e. The third-order valence-electron chi connectivity index (χ3n) is 5.08. The van der Waals surface area contributed by atoms with Gasteiger partial charge in [0, 0.05) is 10.9 Å². The molecule has 2 aliphatic rings. The Hall–Kier alpha value is -1.10. The maximum absolute atomic E-state index is 13.1. The van der Waals surface area contributed by atoms with Crippen molar-refractivity contribution in [1.29, 1.82) is 0 Å². The molecule has 2 fully saturated rings. The molecule has 1 N–H and O–H groups in total. The molecule has 4 unspecified atom stereocenters. The molecule has 0 saturated heterocycles. The number of fused-ring (bicyclic) bond motifs is 2. The van der Waals surface area contributed by atoms with Crippen LogP contribution in [-0.4, -0.2) is 17.7 Å². The minimum atomic E-state index is -0.874. The second kappa shape index (κ2) is 6.57. The van der Waals surface area contributed by atoms with Gasteiger partial charge in [-0.3, -0.25) is 4.79 Å². The second-order valence-corrected chi connectivity index (χ2v) is 7.61. The molecule has 1 aromatic rings. The van der Waals surface area contributed by atoms with Gasteiger partial charge in [-0.25, -0.2) is 8.78 Å². The lowest BCUT2D eigenvalue weighted by Gasteiger charge is -2.28. The zero-order chi connectivity index (χ0) is 15.7. The van der Waals surface area contributed by atoms with Crippen LogP contribution in [0.15, 0.2) is 23.1 Å². The van der Waals surface area contributed by atoms with Crippen molar-refractivity contribution in [2.45, 2.75) is 43.5 Å². The molecule has 2 nitrogen and oxygen atoms in total. The van der Waals surface area contributed by atoms with Gasteiger partial charge in [0.1, 0.15) is 0 Å². The number of halogens is 2. The lowest BCUT2D eigenvalue weighted by molar-refractivity contribution is -0.119. The molecule has 2 saturated carbocycles. The molecule has 0 heterocycles. The molecule has 1 amide bonds. The summed E-state index contributed by atoms with van der Waals surface area (Å²) in [6.07, 6.45) is 5.23. The predicted octanol–water partition coefficient (Wildman–Crippen LogP) is 4.00. The maximum Gasteiger partial charge on any atom is 0.230 e. The summed E-state index contributed by atoms with van der Waals surface area (Å²) in [4.78, 5) is 12.6. The molecule has 5 heteroatoms. The van der Waals surface area contributed by atoms with E-state index in [1.165, 1.54) is 43.5 Å². The van der Waals surface area contributed by atoms with Crippen LogP contribution < -0.4 is 5.32 Å². The Morgan fingerprint density at radius 1 is 1.32 bits per heavy atom. The van der Waals surface area contributed by atoms with Gasteiger partial charge in [0.05, 0.1) is 5.75 Å². The fourth-order valence-electron chi connectivity index (χ4n) is 4.02. The molecule has 4 atom stereocenters. The number of amides is 1. The van der Waals surface area contributed by atoms with Gasteiger partial charge in [-0.15, -0.1) is 11.8 Å². The average molecular weight is 325 g/mol. The molecule has 0 aliphatic heterocycles. The standard InChI is InChI=1S/C17H21F2NOS/c1-10(14-7-11-2-3-12(14)6-11)20-17(21)9-22-13-4-5-15(18)16(19)8-13/h4-5,8,10-12,14H,2-3,6-7,9H2,1H3,(H,20,21). The van der Waals surface area contributed by atoms with Gasteiger partial charge >= 0.3 is 0 Å². The summed E-state index contributed by atoms with van der Waals surface area (Å²) in [6, 6.07) is 3.92. The maximum atomic E-state index is 13.1. The Bertz CT molecular complexity index is 566. The first-order valence-corrected chi connectivity index (χ1v) is 8.88. The van der Waals surface area contributed by atoms with Crippen molar-refractivity contribution in [3.63, 3.8) is 0 Å². The third kappa shape index (κ3) is 3.45. The van der Waals surface area contributed by atoms with Crippen LogP contribution in [-0.2, 0) is 4.79 Å². The molecule has 2 aliphatic carbocycles. The van der Waals surface area contributed by atoms with Gasteiger partial charge in [0.2, 0.25) is 5.91 Å². The quantitative estimate of drug-likeness (QED) is 0.829. The van der Waals surface area contributed by atoms with Crippen molar-refractivity contribution >= 4 is 17.7 Å². The van der Waals surface area contributed by atoms with Gasteiger partial charge in [-0.05, 0) is 62.1 Å². The van der Waals surface area contributed by atoms with Crippen LogP contribution in [0.4, 0.5) is 8.78 Å². The van der Waals surface area contributed by atoms with Crippen molar-refractivity contribution in [1.82, 2.24) is 5.32 Å². The van der Waals surface area contributed by atoms with Crippen LogP contribution >= 0.6 is 11.8 Å². The normalized spacial score (nSPS) is 27.9. The van der Waals surface area contributed by atoms with Gasteiger partial charge in [0.25, 0.3) is 0 Å². The first kappa shape index (κ1) is 15.8. The summed E-state index contributed by atoms with van der Waals surface area (Å²) in [7, 11) is 0. The topological polar surface area (TPSA) is 29.1 Å². The number of hydrogen-bond acceptors (Lipinski definition) is 2.